The van der Waals surface area contributed by atoms with Crippen LogP contribution in [-0.4, -0.2) is 42.2 Å². The summed E-state index contributed by atoms with van der Waals surface area (Å²) < 4.78 is 18.2. The van der Waals surface area contributed by atoms with E-state index in [9.17, 15) is 9.59 Å². The fourth-order valence-corrected chi connectivity index (χ4v) is 4.46. The Balaban J connectivity index is 1.33. The second kappa shape index (κ2) is 9.31. The number of benzene rings is 2. The van der Waals surface area contributed by atoms with E-state index in [2.05, 4.69) is 10.3 Å². The largest absolute Gasteiger partial charge is 0.497 e. The van der Waals surface area contributed by atoms with Crippen molar-refractivity contribution >= 4 is 23.2 Å². The van der Waals surface area contributed by atoms with Gasteiger partial charge >= 0.3 is 0 Å². The highest BCUT2D eigenvalue weighted by atomic mass is 35.5. The molecule has 3 heterocycles. The number of halogens is 1. The molecular weight excluding hydrogens is 470 g/mol. The number of hydrogen-bond donors (Lipinski definition) is 1. The first kappa shape index (κ1) is 22.7. The number of nitrogens with zero attached hydrogens (tertiary/aromatic N) is 2. The van der Waals surface area contributed by atoms with Crippen molar-refractivity contribution in [3.05, 3.63) is 87.4 Å². The van der Waals surface area contributed by atoms with Crippen LogP contribution in [0.25, 0.3) is 16.8 Å². The lowest BCUT2D eigenvalue weighted by Gasteiger charge is -2.13. The van der Waals surface area contributed by atoms with Gasteiger partial charge in [0.2, 0.25) is 0 Å². The molecule has 1 atom stereocenters. The van der Waals surface area contributed by atoms with Crippen molar-refractivity contribution in [1.29, 1.82) is 0 Å². The Morgan fingerprint density at radius 1 is 1.20 bits per heavy atom. The van der Waals surface area contributed by atoms with Crippen LogP contribution in [0.4, 0.5) is 0 Å². The Labute approximate surface area is 206 Å². The number of carbonyl (C=O) groups is 1. The molecule has 2 aromatic heterocycles. The third kappa shape index (κ3) is 4.28. The molecule has 35 heavy (non-hydrogen) atoms. The van der Waals surface area contributed by atoms with Crippen molar-refractivity contribution in [2.24, 2.45) is 0 Å². The number of nitrogens with one attached hydrogen (secondary N) is 1. The molecule has 5 rings (SSSR count). The number of carbonyl (C=O) groups excluding carboxylic acids is 1. The predicted molar refractivity (Wildman–Crippen MR) is 132 cm³/mol. The molecule has 8 nitrogen and oxygen atoms in total. The molecule has 1 amide bonds. The molecule has 0 saturated heterocycles. The van der Waals surface area contributed by atoms with Crippen LogP contribution in [-0.2, 0) is 6.42 Å². The number of rotatable bonds is 6. The van der Waals surface area contributed by atoms with Crippen molar-refractivity contribution in [3.8, 4) is 28.4 Å². The third-order valence-corrected chi connectivity index (χ3v) is 6.20. The molecule has 1 N–H and O–H groups in total. The zero-order valence-electron chi connectivity index (χ0n) is 19.1. The predicted octanol–water partition coefficient (Wildman–Crippen LogP) is 3.77. The summed E-state index contributed by atoms with van der Waals surface area (Å²) in [6.45, 7) is 0.207. The Hall–Kier alpha value is -4.04. The Bertz CT molecular complexity index is 1500. The van der Waals surface area contributed by atoms with E-state index in [-0.39, 0.29) is 18.2 Å². The van der Waals surface area contributed by atoms with Crippen LogP contribution in [0.5, 0.6) is 17.2 Å². The molecule has 1 aliphatic heterocycles. The second-order valence-corrected chi connectivity index (χ2v) is 8.48. The van der Waals surface area contributed by atoms with E-state index in [0.29, 0.717) is 34.3 Å². The van der Waals surface area contributed by atoms with E-state index in [1.807, 2.05) is 30.3 Å². The first-order valence-corrected chi connectivity index (χ1v) is 11.3. The lowest BCUT2D eigenvalue weighted by molar-refractivity contribution is 0.0931. The van der Waals surface area contributed by atoms with Gasteiger partial charge in [0.15, 0.2) is 0 Å². The highest BCUT2D eigenvalue weighted by molar-refractivity contribution is 6.32. The molecule has 0 aliphatic carbocycles. The van der Waals surface area contributed by atoms with Crippen molar-refractivity contribution in [2.75, 3.05) is 20.8 Å². The van der Waals surface area contributed by atoms with Crippen LogP contribution in [0, 0.1) is 0 Å². The second-order valence-electron chi connectivity index (χ2n) is 8.07. The molecule has 9 heteroatoms. The van der Waals surface area contributed by atoms with Crippen molar-refractivity contribution in [3.63, 3.8) is 0 Å². The molecule has 178 valence electrons. The van der Waals surface area contributed by atoms with Gasteiger partial charge in [-0.3, -0.25) is 14.0 Å². The summed E-state index contributed by atoms with van der Waals surface area (Å²) in [5.41, 5.74) is 2.65. The summed E-state index contributed by atoms with van der Waals surface area (Å²) in [6.07, 6.45) is 3.09. The number of hydrogen-bond acceptors (Lipinski definition) is 6. The topological polar surface area (TPSA) is 91.2 Å². The lowest BCUT2D eigenvalue weighted by atomic mass is 9.99. The maximum Gasteiger partial charge on any atom is 0.270 e. The summed E-state index contributed by atoms with van der Waals surface area (Å²) in [7, 11) is 3.22. The van der Waals surface area contributed by atoms with Gasteiger partial charge < -0.3 is 19.5 Å². The van der Waals surface area contributed by atoms with E-state index in [1.54, 1.807) is 38.6 Å². The fourth-order valence-electron chi connectivity index (χ4n) is 4.18. The zero-order chi connectivity index (χ0) is 24.5. The van der Waals surface area contributed by atoms with E-state index in [1.165, 1.54) is 10.6 Å². The summed E-state index contributed by atoms with van der Waals surface area (Å²) in [6, 6.07) is 14.6. The van der Waals surface area contributed by atoms with Gasteiger partial charge in [0.1, 0.15) is 34.6 Å². The number of pyridine rings is 1. The normalized spacial score (nSPS) is 14.3. The zero-order valence-corrected chi connectivity index (χ0v) is 19.8. The molecule has 0 radical (unpaired) electrons. The van der Waals surface area contributed by atoms with Gasteiger partial charge in [0.25, 0.3) is 11.5 Å². The molecular formula is C26H22ClN3O5. The smallest absolute Gasteiger partial charge is 0.270 e. The van der Waals surface area contributed by atoms with Crippen LogP contribution in [0.1, 0.15) is 15.9 Å². The first-order valence-electron chi connectivity index (χ1n) is 10.9. The standard InChI is InChI=1S/C26H22ClN3O5/c1-33-17-6-7-22(34-2)19(12-17)15-9-16-10-18(35-24(16)21(27)11-15)13-29-25(31)20-14-28-23-5-3-4-8-30(23)26(20)32/h3-9,11-12,14,18H,10,13H2,1-2H3,(H,29,31)/t18-/m0/s1. The van der Waals surface area contributed by atoms with Gasteiger partial charge in [0, 0.05) is 29.9 Å². The molecule has 4 aromatic rings. The number of amides is 1. The van der Waals surface area contributed by atoms with Gasteiger partial charge in [-0.1, -0.05) is 17.7 Å². The van der Waals surface area contributed by atoms with Gasteiger partial charge in [-0.05, 0) is 48.0 Å². The first-order chi connectivity index (χ1) is 17.0. The van der Waals surface area contributed by atoms with Crippen molar-refractivity contribution in [1.82, 2.24) is 14.7 Å². The number of fused-ring (bicyclic) bond motifs is 2. The highest BCUT2D eigenvalue weighted by Gasteiger charge is 2.27. The molecule has 0 unspecified atom stereocenters. The van der Waals surface area contributed by atoms with Gasteiger partial charge in [-0.25, -0.2) is 4.98 Å². The summed E-state index contributed by atoms with van der Waals surface area (Å²) >= 11 is 6.56. The maximum absolute atomic E-state index is 12.7. The average molecular weight is 492 g/mol. The van der Waals surface area contributed by atoms with Crippen LogP contribution < -0.4 is 25.1 Å². The van der Waals surface area contributed by atoms with Crippen LogP contribution in [0.15, 0.2) is 65.7 Å². The molecule has 0 fully saturated rings. The quantitative estimate of drug-likeness (QED) is 0.441. The van der Waals surface area contributed by atoms with Gasteiger partial charge in [-0.15, -0.1) is 0 Å². The van der Waals surface area contributed by atoms with Crippen LogP contribution in [0.2, 0.25) is 5.02 Å². The fraction of sp³-hybridized carbons (Fsp3) is 0.192. The van der Waals surface area contributed by atoms with E-state index in [0.717, 1.165) is 16.7 Å². The van der Waals surface area contributed by atoms with Crippen LogP contribution >= 0.6 is 11.6 Å². The molecule has 2 aromatic carbocycles. The molecule has 0 saturated carbocycles. The van der Waals surface area contributed by atoms with Crippen LogP contribution in [0.3, 0.4) is 0 Å². The number of ether oxygens (including phenoxy) is 3. The lowest BCUT2D eigenvalue weighted by Crippen LogP contribution is -2.37. The SMILES string of the molecule is COc1ccc(OC)c(-c2cc(Cl)c3c(c2)C[C@@H](CNC(=O)c2cnc4ccccn4c2=O)O3)c1. The average Bonchev–Trinajstić information content (AvgIpc) is 3.31. The van der Waals surface area contributed by atoms with Gasteiger partial charge in [-0.2, -0.15) is 0 Å². The van der Waals surface area contributed by atoms with E-state index < -0.39 is 11.5 Å². The summed E-state index contributed by atoms with van der Waals surface area (Å²) in [5, 5.41) is 3.25. The number of methoxy groups -OCH3 is 2. The Morgan fingerprint density at radius 2 is 2.06 bits per heavy atom. The van der Waals surface area contributed by atoms with E-state index in [4.69, 9.17) is 25.8 Å². The minimum Gasteiger partial charge on any atom is -0.497 e. The maximum atomic E-state index is 12.7. The Kier molecular flexibility index (Phi) is 6.05. The van der Waals surface area contributed by atoms with Crippen molar-refractivity contribution < 1.29 is 19.0 Å². The summed E-state index contributed by atoms with van der Waals surface area (Å²) in [4.78, 5) is 29.5. The highest BCUT2D eigenvalue weighted by Crippen LogP contribution is 2.42. The van der Waals surface area contributed by atoms with Gasteiger partial charge in [0.05, 0.1) is 25.8 Å². The summed E-state index contributed by atoms with van der Waals surface area (Å²) in [5.74, 6) is 1.48. The monoisotopic (exact) mass is 491 g/mol. The minimum atomic E-state index is -0.506. The molecule has 1 aliphatic rings. The van der Waals surface area contributed by atoms with E-state index >= 15 is 0 Å². The Morgan fingerprint density at radius 3 is 2.86 bits per heavy atom. The molecule has 0 spiro atoms. The van der Waals surface area contributed by atoms with Crippen molar-refractivity contribution in [2.45, 2.75) is 12.5 Å². The third-order valence-electron chi connectivity index (χ3n) is 5.92. The molecule has 0 bridgehead atoms. The number of aromatic nitrogens is 2. The minimum absolute atomic E-state index is 0.0327.